The molecule has 0 saturated carbocycles. The van der Waals surface area contributed by atoms with Crippen molar-refractivity contribution < 1.29 is 34.4 Å². The van der Waals surface area contributed by atoms with Gasteiger partial charge in [0.15, 0.2) is 12.2 Å². The maximum Gasteiger partial charge on any atom is 0.337 e. The second-order valence-electron chi connectivity index (χ2n) is 3.29. The zero-order chi connectivity index (χ0) is 12.9. The molecule has 0 aliphatic rings. The fraction of sp³-hybridized carbons (Fsp3) is 0.778. The number of carbonyl (C=O) groups excluding carboxylic acids is 2. The molecule has 0 saturated heterocycles. The van der Waals surface area contributed by atoms with E-state index in [-0.39, 0.29) is 0 Å². The Morgan fingerprint density at radius 1 is 0.938 bits per heavy atom. The monoisotopic (exact) mass is 236 g/mol. The highest BCUT2D eigenvalue weighted by Crippen LogP contribution is 2.14. The summed E-state index contributed by atoms with van der Waals surface area (Å²) in [4.78, 5) is 21.8. The third kappa shape index (κ3) is 3.44. The Hall–Kier alpha value is -1.18. The molecule has 0 rings (SSSR count). The number of methoxy groups -OCH3 is 2. The van der Waals surface area contributed by atoms with Crippen LogP contribution >= 0.6 is 0 Å². The summed E-state index contributed by atoms with van der Waals surface area (Å²) in [5, 5.41) is 28.1. The van der Waals surface area contributed by atoms with Gasteiger partial charge in [-0.2, -0.15) is 0 Å². The van der Waals surface area contributed by atoms with E-state index in [9.17, 15) is 24.9 Å². The number of ether oxygens (including phenoxy) is 2. The van der Waals surface area contributed by atoms with Gasteiger partial charge in [-0.05, 0) is 0 Å². The van der Waals surface area contributed by atoms with Crippen molar-refractivity contribution in [1.29, 1.82) is 0 Å². The molecule has 0 spiro atoms. The Bertz CT molecular complexity index is 226. The van der Waals surface area contributed by atoms with Crippen LogP contribution in [0.5, 0.6) is 0 Å². The average molecular weight is 236 g/mol. The van der Waals surface area contributed by atoms with Gasteiger partial charge in [-0.15, -0.1) is 0 Å². The van der Waals surface area contributed by atoms with Gasteiger partial charge in [-0.1, -0.05) is 6.92 Å². The molecule has 94 valence electrons. The molecule has 7 nitrogen and oxygen atoms in total. The SMILES string of the molecule is COC(=O)C(O)C(C)C(O)C(O)C(=O)OC. The van der Waals surface area contributed by atoms with E-state index in [1.807, 2.05) is 0 Å². The molecular formula is C9H16O7. The lowest BCUT2D eigenvalue weighted by molar-refractivity contribution is -0.167. The second-order valence-corrected chi connectivity index (χ2v) is 3.29. The Morgan fingerprint density at radius 2 is 1.31 bits per heavy atom. The minimum absolute atomic E-state index is 0.955. The number of aliphatic hydroxyl groups is 3. The van der Waals surface area contributed by atoms with E-state index in [1.54, 1.807) is 0 Å². The van der Waals surface area contributed by atoms with Crippen LogP contribution in [0.25, 0.3) is 0 Å². The summed E-state index contributed by atoms with van der Waals surface area (Å²) in [7, 11) is 2.11. The molecule has 0 aromatic heterocycles. The number of aliphatic hydroxyl groups excluding tert-OH is 3. The molecule has 0 bridgehead atoms. The molecule has 16 heavy (non-hydrogen) atoms. The van der Waals surface area contributed by atoms with E-state index in [0.29, 0.717) is 0 Å². The number of hydrogen-bond donors (Lipinski definition) is 3. The van der Waals surface area contributed by atoms with Crippen LogP contribution in [-0.2, 0) is 19.1 Å². The van der Waals surface area contributed by atoms with E-state index in [2.05, 4.69) is 9.47 Å². The summed E-state index contributed by atoms with van der Waals surface area (Å²) in [6, 6.07) is 0. The van der Waals surface area contributed by atoms with Crippen LogP contribution in [0, 0.1) is 5.92 Å². The lowest BCUT2D eigenvalue weighted by atomic mass is 9.94. The standard InChI is InChI=1S/C9H16O7/c1-4(6(11)8(13)15-2)5(10)7(12)9(14)16-3/h4-7,10-12H,1-3H3. The maximum absolute atomic E-state index is 10.9. The number of esters is 2. The van der Waals surface area contributed by atoms with Gasteiger partial charge in [0, 0.05) is 5.92 Å². The van der Waals surface area contributed by atoms with Gasteiger partial charge in [0.1, 0.15) is 0 Å². The zero-order valence-corrected chi connectivity index (χ0v) is 9.28. The van der Waals surface area contributed by atoms with Gasteiger partial charge in [0.2, 0.25) is 0 Å². The first-order chi connectivity index (χ1) is 7.36. The van der Waals surface area contributed by atoms with Gasteiger partial charge in [-0.3, -0.25) is 0 Å². The fourth-order valence-corrected chi connectivity index (χ4v) is 1.07. The minimum Gasteiger partial charge on any atom is -0.467 e. The van der Waals surface area contributed by atoms with Crippen LogP contribution in [0.3, 0.4) is 0 Å². The molecule has 3 N–H and O–H groups in total. The van der Waals surface area contributed by atoms with Crippen molar-refractivity contribution in [3.05, 3.63) is 0 Å². The molecule has 0 aromatic rings. The fourth-order valence-electron chi connectivity index (χ4n) is 1.07. The normalized spacial score (nSPS) is 18.1. The van der Waals surface area contributed by atoms with Crippen LogP contribution < -0.4 is 0 Å². The Kier molecular flexibility index (Phi) is 5.94. The van der Waals surface area contributed by atoms with Crippen molar-refractivity contribution >= 4 is 11.9 Å². The highest BCUT2D eigenvalue weighted by Gasteiger charge is 2.36. The van der Waals surface area contributed by atoms with Crippen molar-refractivity contribution in [2.75, 3.05) is 14.2 Å². The van der Waals surface area contributed by atoms with E-state index in [0.717, 1.165) is 14.2 Å². The van der Waals surface area contributed by atoms with E-state index < -0.39 is 36.2 Å². The van der Waals surface area contributed by atoms with Crippen LogP contribution in [0.15, 0.2) is 0 Å². The topological polar surface area (TPSA) is 113 Å². The number of rotatable bonds is 5. The highest BCUT2D eigenvalue weighted by molar-refractivity contribution is 5.76. The van der Waals surface area contributed by atoms with Crippen molar-refractivity contribution in [2.24, 2.45) is 5.92 Å². The molecule has 4 unspecified atom stereocenters. The molecular weight excluding hydrogens is 220 g/mol. The quantitative estimate of drug-likeness (QED) is 0.475. The van der Waals surface area contributed by atoms with Crippen molar-refractivity contribution in [1.82, 2.24) is 0 Å². The van der Waals surface area contributed by atoms with Crippen molar-refractivity contribution in [3.63, 3.8) is 0 Å². The summed E-state index contributed by atoms with van der Waals surface area (Å²) < 4.78 is 8.46. The van der Waals surface area contributed by atoms with E-state index in [4.69, 9.17) is 0 Å². The number of carbonyl (C=O) groups is 2. The molecule has 0 aromatic carbocycles. The van der Waals surface area contributed by atoms with Gasteiger partial charge < -0.3 is 24.8 Å². The molecule has 4 atom stereocenters. The summed E-state index contributed by atoms with van der Waals surface area (Å²) in [5.74, 6) is -3.07. The summed E-state index contributed by atoms with van der Waals surface area (Å²) in [6.07, 6.45) is -5.07. The van der Waals surface area contributed by atoms with Gasteiger partial charge in [-0.25, -0.2) is 9.59 Å². The third-order valence-electron chi connectivity index (χ3n) is 2.25. The Balaban J connectivity index is 4.54. The molecule has 0 amide bonds. The third-order valence-corrected chi connectivity index (χ3v) is 2.25. The molecule has 7 heteroatoms. The molecule has 0 radical (unpaired) electrons. The predicted molar refractivity (Wildman–Crippen MR) is 51.2 cm³/mol. The van der Waals surface area contributed by atoms with E-state index in [1.165, 1.54) is 6.92 Å². The summed E-state index contributed by atoms with van der Waals surface area (Å²) in [6.45, 7) is 1.29. The van der Waals surface area contributed by atoms with Gasteiger partial charge in [0.05, 0.1) is 20.3 Å². The largest absolute Gasteiger partial charge is 0.467 e. The Morgan fingerprint density at radius 3 is 1.69 bits per heavy atom. The predicted octanol–water partition coefficient (Wildman–Crippen LogP) is -1.95. The lowest BCUT2D eigenvalue weighted by Gasteiger charge is -2.24. The first kappa shape index (κ1) is 14.8. The first-order valence-electron chi connectivity index (χ1n) is 4.56. The summed E-state index contributed by atoms with van der Waals surface area (Å²) in [5.41, 5.74) is 0. The minimum atomic E-state index is -1.82. The lowest BCUT2D eigenvalue weighted by Crippen LogP contribution is -2.45. The van der Waals surface area contributed by atoms with E-state index >= 15 is 0 Å². The molecule has 0 heterocycles. The Labute approximate surface area is 92.6 Å². The first-order valence-corrected chi connectivity index (χ1v) is 4.56. The van der Waals surface area contributed by atoms with Crippen LogP contribution in [0.1, 0.15) is 6.92 Å². The van der Waals surface area contributed by atoms with Gasteiger partial charge in [0.25, 0.3) is 0 Å². The van der Waals surface area contributed by atoms with Crippen LogP contribution in [0.2, 0.25) is 0 Å². The summed E-state index contributed by atoms with van der Waals surface area (Å²) >= 11 is 0. The molecule has 0 fully saturated rings. The smallest absolute Gasteiger partial charge is 0.337 e. The van der Waals surface area contributed by atoms with Crippen molar-refractivity contribution in [3.8, 4) is 0 Å². The van der Waals surface area contributed by atoms with Gasteiger partial charge >= 0.3 is 11.9 Å². The maximum atomic E-state index is 10.9. The van der Waals surface area contributed by atoms with Crippen LogP contribution in [0.4, 0.5) is 0 Å². The van der Waals surface area contributed by atoms with Crippen molar-refractivity contribution in [2.45, 2.75) is 25.2 Å². The number of hydrogen-bond acceptors (Lipinski definition) is 7. The second kappa shape index (κ2) is 6.41. The molecule has 0 aliphatic carbocycles. The van der Waals surface area contributed by atoms with Crippen LogP contribution in [-0.4, -0.2) is 59.8 Å². The average Bonchev–Trinajstić information content (AvgIpc) is 2.32. The highest BCUT2D eigenvalue weighted by atomic mass is 16.5. The molecule has 0 aliphatic heterocycles. The zero-order valence-electron chi connectivity index (χ0n) is 9.28.